The lowest BCUT2D eigenvalue weighted by Gasteiger charge is -2.07. The predicted octanol–water partition coefficient (Wildman–Crippen LogP) is 4.69. The number of hydrogen-bond acceptors (Lipinski definition) is 3. The van der Waals surface area contributed by atoms with Crippen molar-refractivity contribution in [2.24, 2.45) is 0 Å². The highest BCUT2D eigenvalue weighted by Gasteiger charge is 2.22. The number of carbonyl (C=O) groups is 1. The number of hydrogen-bond donors (Lipinski definition) is 1. The lowest BCUT2D eigenvalue weighted by Crippen LogP contribution is -2.13. The Kier molecular flexibility index (Phi) is 4.12. The third-order valence-electron chi connectivity index (χ3n) is 3.33. The molecular weight excluding hydrogens is 319 g/mol. The van der Waals surface area contributed by atoms with Gasteiger partial charge < -0.3 is 9.84 Å². The normalized spacial score (nSPS) is 10.6. The maximum absolute atomic E-state index is 13.1. The van der Waals surface area contributed by atoms with E-state index in [1.54, 1.807) is 43.3 Å². The Morgan fingerprint density at radius 3 is 2.57 bits per heavy atom. The van der Waals surface area contributed by atoms with Gasteiger partial charge in [0, 0.05) is 5.56 Å². The van der Waals surface area contributed by atoms with Crippen LogP contribution in [0.5, 0.6) is 0 Å². The summed E-state index contributed by atoms with van der Waals surface area (Å²) in [5.74, 6) is -0.388. The van der Waals surface area contributed by atoms with Crippen LogP contribution >= 0.6 is 11.6 Å². The Morgan fingerprint density at radius 2 is 1.87 bits per heavy atom. The van der Waals surface area contributed by atoms with Crippen molar-refractivity contribution in [2.75, 3.05) is 5.32 Å². The number of amides is 1. The molecule has 3 rings (SSSR count). The second-order valence-electron chi connectivity index (χ2n) is 4.90. The first-order valence-corrected chi connectivity index (χ1v) is 7.22. The first-order chi connectivity index (χ1) is 11.1. The SMILES string of the molecule is Cc1onc(-c2ccc(F)cc2)c1C(=O)Nc1ccccc1Cl. The van der Waals surface area contributed by atoms with Crippen molar-refractivity contribution in [3.8, 4) is 11.3 Å². The molecule has 1 amide bonds. The lowest BCUT2D eigenvalue weighted by molar-refractivity contribution is 0.102. The Hall–Kier alpha value is -2.66. The van der Waals surface area contributed by atoms with Gasteiger partial charge in [0.05, 0.1) is 10.7 Å². The van der Waals surface area contributed by atoms with Crippen molar-refractivity contribution in [2.45, 2.75) is 6.92 Å². The number of rotatable bonds is 3. The molecule has 0 bridgehead atoms. The van der Waals surface area contributed by atoms with Crippen molar-refractivity contribution in [1.82, 2.24) is 5.16 Å². The average Bonchev–Trinajstić information content (AvgIpc) is 2.92. The number of nitrogens with one attached hydrogen (secondary N) is 1. The van der Waals surface area contributed by atoms with Crippen LogP contribution in [-0.2, 0) is 0 Å². The minimum Gasteiger partial charge on any atom is -0.360 e. The van der Waals surface area contributed by atoms with Gasteiger partial charge >= 0.3 is 0 Å². The molecule has 0 aliphatic rings. The number of benzene rings is 2. The van der Waals surface area contributed by atoms with Gasteiger partial charge in [0.25, 0.3) is 5.91 Å². The zero-order valence-corrected chi connectivity index (χ0v) is 12.9. The number of halogens is 2. The van der Waals surface area contributed by atoms with Crippen molar-refractivity contribution in [3.05, 3.63) is 70.7 Å². The Balaban J connectivity index is 1.97. The van der Waals surface area contributed by atoms with Crippen LogP contribution in [-0.4, -0.2) is 11.1 Å². The maximum atomic E-state index is 13.1. The molecule has 4 nitrogen and oxygen atoms in total. The second kappa shape index (κ2) is 6.22. The summed E-state index contributed by atoms with van der Waals surface area (Å²) in [6, 6.07) is 12.6. The maximum Gasteiger partial charge on any atom is 0.261 e. The summed E-state index contributed by atoms with van der Waals surface area (Å²) in [6.07, 6.45) is 0. The highest BCUT2D eigenvalue weighted by Crippen LogP contribution is 2.27. The van der Waals surface area contributed by atoms with Gasteiger partial charge in [0.15, 0.2) is 0 Å². The van der Waals surface area contributed by atoms with E-state index in [0.29, 0.717) is 27.7 Å². The van der Waals surface area contributed by atoms with Crippen LogP contribution in [0.1, 0.15) is 16.1 Å². The van der Waals surface area contributed by atoms with Crippen LogP contribution in [0.4, 0.5) is 10.1 Å². The van der Waals surface area contributed by atoms with Gasteiger partial charge in [0.1, 0.15) is 22.8 Å². The predicted molar refractivity (Wildman–Crippen MR) is 86.0 cm³/mol. The summed E-state index contributed by atoms with van der Waals surface area (Å²) in [6.45, 7) is 1.64. The standard InChI is InChI=1S/C17H12ClFN2O2/c1-10-15(17(22)20-14-5-3-2-4-13(14)18)16(21-23-10)11-6-8-12(19)9-7-11/h2-9H,1H3,(H,20,22). The molecule has 0 aliphatic carbocycles. The topological polar surface area (TPSA) is 55.1 Å². The molecule has 0 aliphatic heterocycles. The van der Waals surface area contributed by atoms with Gasteiger partial charge in [0.2, 0.25) is 0 Å². The van der Waals surface area contributed by atoms with E-state index in [0.717, 1.165) is 0 Å². The molecule has 1 heterocycles. The number of nitrogens with zero attached hydrogens (tertiary/aromatic N) is 1. The Morgan fingerprint density at radius 1 is 1.17 bits per heavy atom. The van der Waals surface area contributed by atoms with Crippen molar-refractivity contribution in [3.63, 3.8) is 0 Å². The van der Waals surface area contributed by atoms with Crippen LogP contribution in [0, 0.1) is 12.7 Å². The van der Waals surface area contributed by atoms with Crippen LogP contribution < -0.4 is 5.32 Å². The monoisotopic (exact) mass is 330 g/mol. The summed E-state index contributed by atoms with van der Waals surface area (Å²) in [5, 5.41) is 7.07. The molecule has 1 aromatic heterocycles. The highest BCUT2D eigenvalue weighted by atomic mass is 35.5. The van der Waals surface area contributed by atoms with Gasteiger partial charge in [-0.3, -0.25) is 4.79 Å². The summed E-state index contributed by atoms with van der Waals surface area (Å²) in [4.78, 5) is 12.6. The van der Waals surface area contributed by atoms with E-state index in [9.17, 15) is 9.18 Å². The van der Waals surface area contributed by atoms with Gasteiger partial charge in [-0.25, -0.2) is 4.39 Å². The van der Waals surface area contributed by atoms with E-state index in [4.69, 9.17) is 16.1 Å². The third kappa shape index (κ3) is 3.10. The van der Waals surface area contributed by atoms with Gasteiger partial charge in [-0.15, -0.1) is 0 Å². The van der Waals surface area contributed by atoms with Gasteiger partial charge in [-0.2, -0.15) is 0 Å². The third-order valence-corrected chi connectivity index (χ3v) is 3.66. The average molecular weight is 331 g/mol. The van der Waals surface area contributed by atoms with Crippen molar-refractivity contribution in [1.29, 1.82) is 0 Å². The highest BCUT2D eigenvalue weighted by molar-refractivity contribution is 6.34. The Bertz CT molecular complexity index is 859. The van der Waals surface area contributed by atoms with E-state index in [1.807, 2.05) is 0 Å². The number of aromatic nitrogens is 1. The number of aryl methyl sites for hydroxylation is 1. The lowest BCUT2D eigenvalue weighted by atomic mass is 10.1. The number of para-hydroxylation sites is 1. The van der Waals surface area contributed by atoms with Crippen LogP contribution in [0.15, 0.2) is 53.1 Å². The molecule has 0 saturated carbocycles. The molecule has 0 atom stereocenters. The fourth-order valence-corrected chi connectivity index (χ4v) is 2.37. The first kappa shape index (κ1) is 15.2. The van der Waals surface area contributed by atoms with Gasteiger partial charge in [-0.05, 0) is 43.3 Å². The molecule has 0 fully saturated rings. The van der Waals surface area contributed by atoms with E-state index >= 15 is 0 Å². The van der Waals surface area contributed by atoms with E-state index in [-0.39, 0.29) is 11.4 Å². The smallest absolute Gasteiger partial charge is 0.261 e. The van der Waals surface area contributed by atoms with Crippen LogP contribution in [0.25, 0.3) is 11.3 Å². The molecule has 0 spiro atoms. The summed E-state index contributed by atoms with van der Waals surface area (Å²) in [5.41, 5.74) is 1.72. The Labute approximate surface area is 136 Å². The number of carbonyl (C=O) groups excluding carboxylic acids is 1. The number of anilines is 1. The van der Waals surface area contributed by atoms with Crippen LogP contribution in [0.3, 0.4) is 0 Å². The van der Waals surface area contributed by atoms with E-state index in [2.05, 4.69) is 10.5 Å². The molecule has 1 N–H and O–H groups in total. The molecule has 6 heteroatoms. The molecule has 23 heavy (non-hydrogen) atoms. The zero-order chi connectivity index (χ0) is 16.4. The molecule has 0 radical (unpaired) electrons. The quantitative estimate of drug-likeness (QED) is 0.757. The minimum absolute atomic E-state index is 0.288. The summed E-state index contributed by atoms with van der Waals surface area (Å²) < 4.78 is 18.2. The molecule has 3 aromatic rings. The van der Waals surface area contributed by atoms with Crippen LogP contribution in [0.2, 0.25) is 5.02 Å². The van der Waals surface area contributed by atoms with E-state index in [1.165, 1.54) is 12.1 Å². The molecule has 0 unspecified atom stereocenters. The molecule has 116 valence electrons. The largest absolute Gasteiger partial charge is 0.360 e. The summed E-state index contributed by atoms with van der Waals surface area (Å²) in [7, 11) is 0. The molecular formula is C17H12ClFN2O2. The fraction of sp³-hybridized carbons (Fsp3) is 0.0588. The zero-order valence-electron chi connectivity index (χ0n) is 12.1. The molecule has 0 saturated heterocycles. The van der Waals surface area contributed by atoms with Gasteiger partial charge in [-0.1, -0.05) is 28.9 Å². The molecule has 2 aromatic carbocycles. The van der Waals surface area contributed by atoms with E-state index < -0.39 is 5.91 Å². The summed E-state index contributed by atoms with van der Waals surface area (Å²) >= 11 is 6.05. The van der Waals surface area contributed by atoms with Crippen molar-refractivity contribution < 1.29 is 13.7 Å². The first-order valence-electron chi connectivity index (χ1n) is 6.84. The van der Waals surface area contributed by atoms with Crippen molar-refractivity contribution >= 4 is 23.2 Å². The minimum atomic E-state index is -0.392. The second-order valence-corrected chi connectivity index (χ2v) is 5.31. The fourth-order valence-electron chi connectivity index (χ4n) is 2.19.